The minimum atomic E-state index is -0.0231. The molecule has 2 aliphatic rings. The summed E-state index contributed by atoms with van der Waals surface area (Å²) in [5, 5.41) is 1.61. The smallest absolute Gasteiger partial charge is 0.0161 e. The molecule has 2 aliphatic carbocycles. The van der Waals surface area contributed by atoms with Crippen LogP contribution in [0.3, 0.4) is 0 Å². The highest BCUT2D eigenvalue weighted by molar-refractivity contribution is 7.65. The van der Waals surface area contributed by atoms with E-state index in [4.69, 9.17) is 0 Å². The van der Waals surface area contributed by atoms with Gasteiger partial charge in [-0.25, -0.2) is 0 Å². The first-order valence-corrected chi connectivity index (χ1v) is 10.1. The molecule has 0 spiro atoms. The fourth-order valence-electron chi connectivity index (χ4n) is 3.66. The van der Waals surface area contributed by atoms with Crippen molar-refractivity contribution in [2.24, 2.45) is 17.8 Å². The van der Waals surface area contributed by atoms with Crippen LogP contribution in [0.2, 0.25) is 0 Å². The van der Waals surface area contributed by atoms with Crippen molar-refractivity contribution < 1.29 is 0 Å². The Bertz CT molecular complexity index is 510. The SMILES string of the molecule is CC1=CCC[C@@H]1CP(C[C@@H]1C=CCC1C)c1ccccc1. The van der Waals surface area contributed by atoms with E-state index in [0.29, 0.717) is 0 Å². The lowest BCUT2D eigenvalue weighted by Gasteiger charge is -2.27. The zero-order valence-electron chi connectivity index (χ0n) is 13.3. The van der Waals surface area contributed by atoms with Gasteiger partial charge in [0.25, 0.3) is 0 Å². The van der Waals surface area contributed by atoms with Crippen molar-refractivity contribution in [2.75, 3.05) is 12.3 Å². The monoisotopic (exact) mass is 298 g/mol. The zero-order chi connectivity index (χ0) is 14.7. The first kappa shape index (κ1) is 15.0. The van der Waals surface area contributed by atoms with E-state index in [2.05, 4.69) is 62.4 Å². The summed E-state index contributed by atoms with van der Waals surface area (Å²) in [4.78, 5) is 0. The Morgan fingerprint density at radius 3 is 2.57 bits per heavy atom. The molecule has 4 atom stereocenters. The normalized spacial score (nSPS) is 29.6. The Labute approximate surface area is 131 Å². The van der Waals surface area contributed by atoms with Crippen LogP contribution in [0.25, 0.3) is 0 Å². The highest BCUT2D eigenvalue weighted by Gasteiger charge is 2.26. The van der Waals surface area contributed by atoms with Crippen molar-refractivity contribution in [3.8, 4) is 0 Å². The van der Waals surface area contributed by atoms with Crippen molar-refractivity contribution in [3.63, 3.8) is 0 Å². The number of benzene rings is 1. The second-order valence-electron chi connectivity index (χ2n) is 6.77. The standard InChI is InChI=1S/C20H27P/c1-16-8-6-10-18(16)14-21(20-12-4-3-5-13-20)15-19-11-7-9-17(19)2/h3-6,9-10,12-13,16,18-19H,7-8,11,14-15H2,1-2H3/t16?,18-,19+,21?/m0/s1. The molecule has 0 heterocycles. The summed E-state index contributed by atoms with van der Waals surface area (Å²) in [6.45, 7) is 4.76. The van der Waals surface area contributed by atoms with Crippen LogP contribution in [-0.2, 0) is 0 Å². The van der Waals surface area contributed by atoms with Gasteiger partial charge in [-0.2, -0.15) is 0 Å². The van der Waals surface area contributed by atoms with E-state index in [0.717, 1.165) is 17.8 Å². The van der Waals surface area contributed by atoms with E-state index < -0.39 is 0 Å². The maximum absolute atomic E-state index is 2.49. The molecule has 0 bridgehead atoms. The van der Waals surface area contributed by atoms with Gasteiger partial charge in [0.05, 0.1) is 0 Å². The topological polar surface area (TPSA) is 0 Å². The molecule has 1 aromatic carbocycles. The molecule has 1 aromatic rings. The third-order valence-corrected chi connectivity index (χ3v) is 8.01. The largest absolute Gasteiger partial charge is 0.0879 e. The Balaban J connectivity index is 1.74. The van der Waals surface area contributed by atoms with E-state index in [1.807, 2.05) is 0 Å². The van der Waals surface area contributed by atoms with Crippen LogP contribution in [0, 0.1) is 17.8 Å². The van der Waals surface area contributed by atoms with E-state index in [1.54, 1.807) is 10.9 Å². The van der Waals surface area contributed by atoms with Gasteiger partial charge in [0.15, 0.2) is 0 Å². The molecule has 0 nitrogen and oxygen atoms in total. The molecule has 0 saturated carbocycles. The summed E-state index contributed by atoms with van der Waals surface area (Å²) in [5.41, 5.74) is 1.65. The van der Waals surface area contributed by atoms with E-state index in [-0.39, 0.29) is 7.92 Å². The summed E-state index contributed by atoms with van der Waals surface area (Å²) in [6, 6.07) is 11.3. The average molecular weight is 298 g/mol. The number of allylic oxidation sites excluding steroid dienone is 4. The Morgan fingerprint density at radius 1 is 1.14 bits per heavy atom. The molecule has 0 N–H and O–H groups in total. The maximum Gasteiger partial charge on any atom is -0.0161 e. The van der Waals surface area contributed by atoms with Crippen LogP contribution in [0.5, 0.6) is 0 Å². The van der Waals surface area contributed by atoms with Crippen molar-refractivity contribution in [1.82, 2.24) is 0 Å². The molecule has 0 saturated heterocycles. The maximum atomic E-state index is 2.49. The van der Waals surface area contributed by atoms with Crippen molar-refractivity contribution in [2.45, 2.75) is 33.1 Å². The van der Waals surface area contributed by atoms with Gasteiger partial charge in [0.1, 0.15) is 0 Å². The second kappa shape index (κ2) is 6.93. The minimum Gasteiger partial charge on any atom is -0.0879 e. The molecule has 3 rings (SSSR count). The lowest BCUT2D eigenvalue weighted by molar-refractivity contribution is 0.502. The molecule has 0 radical (unpaired) electrons. The van der Waals surface area contributed by atoms with Crippen molar-refractivity contribution >= 4 is 13.2 Å². The predicted molar refractivity (Wildman–Crippen MR) is 95.6 cm³/mol. The van der Waals surface area contributed by atoms with Gasteiger partial charge in [0, 0.05) is 0 Å². The third-order valence-electron chi connectivity index (χ3n) is 5.24. The van der Waals surface area contributed by atoms with Gasteiger partial charge >= 0.3 is 0 Å². The van der Waals surface area contributed by atoms with Gasteiger partial charge in [0.2, 0.25) is 0 Å². The van der Waals surface area contributed by atoms with E-state index in [9.17, 15) is 0 Å². The third kappa shape index (κ3) is 3.67. The van der Waals surface area contributed by atoms with Crippen LogP contribution in [0.4, 0.5) is 0 Å². The average Bonchev–Trinajstić information content (AvgIpc) is 3.09. The quantitative estimate of drug-likeness (QED) is 0.507. The second-order valence-corrected chi connectivity index (χ2v) is 9.09. The van der Waals surface area contributed by atoms with Gasteiger partial charge in [-0.05, 0) is 61.6 Å². The first-order chi connectivity index (χ1) is 10.2. The van der Waals surface area contributed by atoms with Gasteiger partial charge in [-0.1, -0.05) is 69.0 Å². The Morgan fingerprint density at radius 2 is 1.95 bits per heavy atom. The molecule has 0 aromatic heterocycles. The van der Waals surface area contributed by atoms with Crippen molar-refractivity contribution in [3.05, 3.63) is 54.1 Å². The number of rotatable bonds is 5. The molecule has 0 amide bonds. The van der Waals surface area contributed by atoms with Crippen LogP contribution >= 0.6 is 7.92 Å². The van der Waals surface area contributed by atoms with E-state index in [1.165, 1.54) is 31.6 Å². The van der Waals surface area contributed by atoms with Crippen LogP contribution in [0.1, 0.15) is 33.1 Å². The Kier molecular flexibility index (Phi) is 4.96. The summed E-state index contributed by atoms with van der Waals surface area (Å²) in [6.07, 6.45) is 14.1. The lowest BCUT2D eigenvalue weighted by Crippen LogP contribution is -2.17. The minimum absolute atomic E-state index is 0.0231. The predicted octanol–water partition coefficient (Wildman–Crippen LogP) is 5.36. The lowest BCUT2D eigenvalue weighted by atomic mass is 10.0. The molecule has 112 valence electrons. The Hall–Kier alpha value is -0.870. The van der Waals surface area contributed by atoms with Gasteiger partial charge in [-0.3, -0.25) is 0 Å². The molecular weight excluding hydrogens is 271 g/mol. The van der Waals surface area contributed by atoms with Crippen LogP contribution < -0.4 is 5.30 Å². The fraction of sp³-hybridized carbons (Fsp3) is 0.500. The number of hydrogen-bond donors (Lipinski definition) is 0. The zero-order valence-corrected chi connectivity index (χ0v) is 14.2. The summed E-state index contributed by atoms with van der Waals surface area (Å²) < 4.78 is 0. The van der Waals surface area contributed by atoms with Gasteiger partial charge < -0.3 is 0 Å². The van der Waals surface area contributed by atoms with Gasteiger partial charge in [-0.15, -0.1) is 0 Å². The number of hydrogen-bond acceptors (Lipinski definition) is 0. The summed E-state index contributed by atoms with van der Waals surface area (Å²) >= 11 is 0. The van der Waals surface area contributed by atoms with Crippen molar-refractivity contribution in [1.29, 1.82) is 0 Å². The highest BCUT2D eigenvalue weighted by atomic mass is 31.1. The molecular formula is C20H27P. The van der Waals surface area contributed by atoms with Crippen LogP contribution in [-0.4, -0.2) is 12.3 Å². The van der Waals surface area contributed by atoms with E-state index >= 15 is 0 Å². The summed E-state index contributed by atoms with van der Waals surface area (Å²) in [5.74, 6) is 2.50. The first-order valence-electron chi connectivity index (χ1n) is 8.37. The highest BCUT2D eigenvalue weighted by Crippen LogP contribution is 2.45. The molecule has 1 heteroatoms. The van der Waals surface area contributed by atoms with Crippen LogP contribution in [0.15, 0.2) is 54.1 Å². The summed E-state index contributed by atoms with van der Waals surface area (Å²) in [7, 11) is -0.0231. The molecule has 0 fully saturated rings. The molecule has 2 unspecified atom stereocenters. The molecule has 0 aliphatic heterocycles. The molecule has 21 heavy (non-hydrogen) atoms. The fourth-order valence-corrected chi connectivity index (χ4v) is 6.82.